The van der Waals surface area contributed by atoms with Crippen LogP contribution >= 0.6 is 11.3 Å². The van der Waals surface area contributed by atoms with Gasteiger partial charge in [0.15, 0.2) is 0 Å². The van der Waals surface area contributed by atoms with Crippen molar-refractivity contribution in [2.45, 2.75) is 26.3 Å². The van der Waals surface area contributed by atoms with Crippen molar-refractivity contribution in [3.05, 3.63) is 76.0 Å². The maximum Gasteiger partial charge on any atom is 0.331 e. The third kappa shape index (κ3) is 6.03. The minimum atomic E-state index is -0.853. The van der Waals surface area contributed by atoms with Crippen LogP contribution in [0.15, 0.2) is 65.6 Å². The lowest BCUT2D eigenvalue weighted by Gasteiger charge is -2.25. The van der Waals surface area contributed by atoms with Crippen molar-refractivity contribution in [2.24, 2.45) is 0 Å². The lowest BCUT2D eigenvalue weighted by Crippen LogP contribution is -2.24. The third-order valence-electron chi connectivity index (χ3n) is 5.58. The van der Waals surface area contributed by atoms with Gasteiger partial charge in [-0.2, -0.15) is 0 Å². The second kappa shape index (κ2) is 11.2. The molecule has 1 aliphatic rings. The zero-order valence-corrected chi connectivity index (χ0v) is 19.6. The average Bonchev–Trinajstić information content (AvgIpc) is 3.27. The van der Waals surface area contributed by atoms with Crippen LogP contribution in [0.3, 0.4) is 0 Å². The van der Waals surface area contributed by atoms with Crippen LogP contribution in [-0.4, -0.2) is 37.4 Å². The van der Waals surface area contributed by atoms with E-state index in [1.54, 1.807) is 11.3 Å². The molecule has 1 aromatic heterocycles. The Bertz CT molecular complexity index is 1090. The molecule has 0 radical (unpaired) electrons. The van der Waals surface area contributed by atoms with E-state index in [1.807, 2.05) is 36.4 Å². The van der Waals surface area contributed by atoms with E-state index < -0.39 is 5.97 Å². The van der Waals surface area contributed by atoms with Gasteiger partial charge in [-0.05, 0) is 71.3 Å². The number of nitrogens with zero attached hydrogens (tertiary/aromatic N) is 1. The van der Waals surface area contributed by atoms with Gasteiger partial charge < -0.3 is 19.5 Å². The SMILES string of the molecule is CCCOCCOc1ccc(-c2ccc3c(c2)C=C(C(=O)O)CCN3Cc2cccs2)cc1. The molecule has 0 fully saturated rings. The fraction of sp³-hybridized carbons (Fsp3) is 0.296. The minimum Gasteiger partial charge on any atom is -0.491 e. The third-order valence-corrected chi connectivity index (χ3v) is 6.44. The zero-order chi connectivity index (χ0) is 23.0. The molecule has 0 aliphatic carbocycles. The van der Waals surface area contributed by atoms with Gasteiger partial charge in [0.2, 0.25) is 0 Å². The van der Waals surface area contributed by atoms with Crippen molar-refractivity contribution in [3.63, 3.8) is 0 Å². The van der Waals surface area contributed by atoms with Gasteiger partial charge in [-0.1, -0.05) is 31.2 Å². The fourth-order valence-electron chi connectivity index (χ4n) is 3.91. The normalized spacial score (nSPS) is 13.2. The second-order valence-electron chi connectivity index (χ2n) is 7.98. The van der Waals surface area contributed by atoms with Crippen LogP contribution in [0, 0.1) is 0 Å². The number of carboxylic acids is 1. The molecule has 0 amide bonds. The molecule has 33 heavy (non-hydrogen) atoms. The van der Waals surface area contributed by atoms with Gasteiger partial charge in [0.25, 0.3) is 0 Å². The molecule has 0 unspecified atom stereocenters. The van der Waals surface area contributed by atoms with Crippen LogP contribution in [0.4, 0.5) is 5.69 Å². The van der Waals surface area contributed by atoms with Gasteiger partial charge in [-0.15, -0.1) is 11.3 Å². The summed E-state index contributed by atoms with van der Waals surface area (Å²) in [6.07, 6.45) is 3.34. The molecule has 0 saturated heterocycles. The molecule has 2 aromatic carbocycles. The van der Waals surface area contributed by atoms with Gasteiger partial charge in [0.1, 0.15) is 12.4 Å². The number of aliphatic carboxylic acids is 1. The maximum atomic E-state index is 11.8. The maximum absolute atomic E-state index is 11.8. The number of carbonyl (C=O) groups is 1. The molecular formula is C27H29NO4S. The molecule has 0 spiro atoms. The smallest absolute Gasteiger partial charge is 0.331 e. The van der Waals surface area contributed by atoms with Gasteiger partial charge in [0.05, 0.1) is 13.2 Å². The van der Waals surface area contributed by atoms with Crippen molar-refractivity contribution in [2.75, 3.05) is 31.3 Å². The molecular weight excluding hydrogens is 434 g/mol. The number of benzene rings is 2. The van der Waals surface area contributed by atoms with Gasteiger partial charge in [-0.25, -0.2) is 4.79 Å². The Morgan fingerprint density at radius 3 is 2.61 bits per heavy atom. The molecule has 1 N–H and O–H groups in total. The Balaban J connectivity index is 1.54. The first-order valence-corrected chi connectivity index (χ1v) is 12.2. The van der Waals surface area contributed by atoms with Crippen molar-refractivity contribution in [3.8, 4) is 16.9 Å². The molecule has 3 aromatic rings. The molecule has 0 atom stereocenters. The van der Waals surface area contributed by atoms with Crippen LogP contribution in [-0.2, 0) is 16.1 Å². The first-order chi connectivity index (χ1) is 16.1. The Morgan fingerprint density at radius 1 is 1.06 bits per heavy atom. The van der Waals surface area contributed by atoms with E-state index >= 15 is 0 Å². The zero-order valence-electron chi connectivity index (χ0n) is 18.8. The van der Waals surface area contributed by atoms with E-state index in [2.05, 4.69) is 41.5 Å². The molecule has 0 saturated carbocycles. The number of hydrogen-bond acceptors (Lipinski definition) is 5. The minimum absolute atomic E-state index is 0.441. The number of carboxylic acid groups (broad SMARTS) is 1. The first-order valence-electron chi connectivity index (χ1n) is 11.3. The molecule has 172 valence electrons. The van der Waals surface area contributed by atoms with Crippen molar-refractivity contribution >= 4 is 29.1 Å². The Hall–Kier alpha value is -3.09. The number of hydrogen-bond donors (Lipinski definition) is 1. The Morgan fingerprint density at radius 2 is 1.88 bits per heavy atom. The van der Waals surface area contributed by atoms with Crippen molar-refractivity contribution in [1.29, 1.82) is 0 Å². The average molecular weight is 464 g/mol. The van der Waals surface area contributed by atoms with Crippen molar-refractivity contribution < 1.29 is 19.4 Å². The summed E-state index contributed by atoms with van der Waals surface area (Å²) in [4.78, 5) is 15.3. The van der Waals surface area contributed by atoms with E-state index in [9.17, 15) is 9.90 Å². The summed E-state index contributed by atoms with van der Waals surface area (Å²) in [5, 5.41) is 11.7. The number of anilines is 1. The monoisotopic (exact) mass is 463 g/mol. The number of rotatable bonds is 10. The predicted octanol–water partition coefficient (Wildman–Crippen LogP) is 6.10. The van der Waals surface area contributed by atoms with E-state index in [-0.39, 0.29) is 0 Å². The van der Waals surface area contributed by atoms with Crippen LogP contribution in [0.25, 0.3) is 17.2 Å². The topological polar surface area (TPSA) is 59.0 Å². The quantitative estimate of drug-likeness (QED) is 0.368. The number of thiophene rings is 1. The lowest BCUT2D eigenvalue weighted by atomic mass is 10.00. The van der Waals surface area contributed by atoms with Crippen molar-refractivity contribution in [1.82, 2.24) is 0 Å². The highest BCUT2D eigenvalue weighted by Gasteiger charge is 2.20. The van der Waals surface area contributed by atoms with Gasteiger partial charge in [-0.3, -0.25) is 0 Å². The predicted molar refractivity (Wildman–Crippen MR) is 134 cm³/mol. The second-order valence-corrected chi connectivity index (χ2v) is 9.02. The summed E-state index contributed by atoms with van der Waals surface area (Å²) in [5.74, 6) is -0.0439. The summed E-state index contributed by atoms with van der Waals surface area (Å²) in [6.45, 7) is 5.40. The first kappa shape index (κ1) is 23.1. The molecule has 6 heteroatoms. The summed E-state index contributed by atoms with van der Waals surface area (Å²) < 4.78 is 11.2. The Kier molecular flexibility index (Phi) is 7.81. The number of fused-ring (bicyclic) bond motifs is 1. The van der Waals surface area contributed by atoms with E-state index in [0.717, 1.165) is 47.7 Å². The number of ether oxygens (including phenoxy) is 2. The van der Waals surface area contributed by atoms with Crippen LogP contribution in [0.2, 0.25) is 0 Å². The molecule has 2 heterocycles. The van der Waals surface area contributed by atoms with Gasteiger partial charge in [0, 0.05) is 29.3 Å². The molecule has 0 bridgehead atoms. The highest BCUT2D eigenvalue weighted by Crippen LogP contribution is 2.34. The fourth-order valence-corrected chi connectivity index (χ4v) is 4.62. The highest BCUT2D eigenvalue weighted by molar-refractivity contribution is 7.09. The highest BCUT2D eigenvalue weighted by atomic mass is 32.1. The standard InChI is InChI=1S/C27H29NO4S/c1-2-13-31-14-15-32-24-8-5-20(6-9-24)21-7-10-26-23(17-21)18-22(27(29)30)11-12-28(26)19-25-4-3-16-33-25/h3-10,16-18H,2,11-15,19H2,1H3,(H,29,30). The van der Waals surface area contributed by atoms with Crippen LogP contribution in [0.5, 0.6) is 5.75 Å². The van der Waals surface area contributed by atoms with Crippen LogP contribution in [0.1, 0.15) is 30.2 Å². The summed E-state index contributed by atoms with van der Waals surface area (Å²) in [5.41, 5.74) is 4.55. The molecule has 1 aliphatic heterocycles. The van der Waals surface area contributed by atoms with E-state index in [0.29, 0.717) is 31.8 Å². The summed E-state index contributed by atoms with van der Waals surface area (Å²) in [7, 11) is 0. The summed E-state index contributed by atoms with van der Waals surface area (Å²) in [6, 6.07) is 18.5. The van der Waals surface area contributed by atoms with Crippen LogP contribution < -0.4 is 9.64 Å². The van der Waals surface area contributed by atoms with E-state index in [1.165, 1.54) is 4.88 Å². The lowest BCUT2D eigenvalue weighted by molar-refractivity contribution is -0.132. The van der Waals surface area contributed by atoms with Gasteiger partial charge >= 0.3 is 5.97 Å². The molecule has 5 nitrogen and oxygen atoms in total. The summed E-state index contributed by atoms with van der Waals surface area (Å²) >= 11 is 1.72. The largest absolute Gasteiger partial charge is 0.491 e. The Labute approximate surface area is 198 Å². The van der Waals surface area contributed by atoms with E-state index in [4.69, 9.17) is 9.47 Å². The molecule has 4 rings (SSSR count).